The number of ether oxygens (including phenoxy) is 1. The van der Waals surface area contributed by atoms with Crippen LogP contribution in [0.25, 0.3) is 0 Å². The maximum atomic E-state index is 8.71. The van der Waals surface area contributed by atoms with Gasteiger partial charge in [-0.2, -0.15) is 0 Å². The van der Waals surface area contributed by atoms with Gasteiger partial charge in [-0.15, -0.1) is 0 Å². The highest BCUT2D eigenvalue weighted by Crippen LogP contribution is 2.08. The Morgan fingerprint density at radius 3 is 2.69 bits per heavy atom. The standard InChI is InChI=1S/C9H13NO3/c11-4-1-5-13-9-3-2-8(7-12)10-6-9/h2-3,6,11-12H,1,4-5,7H2. The lowest BCUT2D eigenvalue weighted by atomic mass is 10.3. The number of nitrogens with zero attached hydrogens (tertiary/aromatic N) is 1. The van der Waals surface area contributed by atoms with Crippen LogP contribution in [0.2, 0.25) is 0 Å². The van der Waals surface area contributed by atoms with Crippen molar-refractivity contribution >= 4 is 0 Å². The van der Waals surface area contributed by atoms with E-state index in [4.69, 9.17) is 14.9 Å². The first-order valence-electron chi connectivity index (χ1n) is 4.16. The van der Waals surface area contributed by atoms with Crippen LogP contribution in [0.3, 0.4) is 0 Å². The zero-order valence-electron chi connectivity index (χ0n) is 7.31. The fourth-order valence-corrected chi connectivity index (χ4v) is 0.844. The van der Waals surface area contributed by atoms with E-state index in [1.807, 2.05) is 0 Å². The SMILES string of the molecule is OCCCOc1ccc(CO)nc1. The smallest absolute Gasteiger partial charge is 0.137 e. The second-order valence-electron chi connectivity index (χ2n) is 2.57. The molecule has 0 aliphatic rings. The van der Waals surface area contributed by atoms with Gasteiger partial charge in [0.15, 0.2) is 0 Å². The molecule has 2 N–H and O–H groups in total. The van der Waals surface area contributed by atoms with E-state index in [9.17, 15) is 0 Å². The van der Waals surface area contributed by atoms with Gasteiger partial charge in [0.2, 0.25) is 0 Å². The van der Waals surface area contributed by atoms with Crippen molar-refractivity contribution in [1.29, 1.82) is 0 Å². The number of pyridine rings is 1. The van der Waals surface area contributed by atoms with Crippen LogP contribution in [0, 0.1) is 0 Å². The van der Waals surface area contributed by atoms with Gasteiger partial charge in [-0.1, -0.05) is 0 Å². The highest BCUT2D eigenvalue weighted by molar-refractivity contribution is 5.19. The molecule has 0 fully saturated rings. The average Bonchev–Trinajstić information content (AvgIpc) is 2.19. The first kappa shape index (κ1) is 9.95. The van der Waals surface area contributed by atoms with Gasteiger partial charge in [-0.25, -0.2) is 0 Å². The molecule has 0 amide bonds. The molecule has 13 heavy (non-hydrogen) atoms. The summed E-state index contributed by atoms with van der Waals surface area (Å²) in [6.45, 7) is 0.551. The minimum Gasteiger partial charge on any atom is -0.492 e. The summed E-state index contributed by atoms with van der Waals surface area (Å²) < 4.78 is 5.24. The number of rotatable bonds is 5. The summed E-state index contributed by atoms with van der Waals surface area (Å²) in [6.07, 6.45) is 2.17. The Bertz CT molecular complexity index is 235. The van der Waals surface area contributed by atoms with Crippen molar-refractivity contribution in [3.63, 3.8) is 0 Å². The van der Waals surface area contributed by atoms with E-state index in [-0.39, 0.29) is 13.2 Å². The largest absolute Gasteiger partial charge is 0.492 e. The molecule has 0 saturated heterocycles. The number of aliphatic hydroxyl groups excluding tert-OH is 2. The molecule has 0 unspecified atom stereocenters. The number of hydrogen-bond donors (Lipinski definition) is 2. The molecule has 72 valence electrons. The Labute approximate surface area is 76.8 Å². The van der Waals surface area contributed by atoms with Crippen LogP contribution in [0.1, 0.15) is 12.1 Å². The lowest BCUT2D eigenvalue weighted by Crippen LogP contribution is -2.00. The minimum absolute atomic E-state index is 0.0586. The highest BCUT2D eigenvalue weighted by Gasteiger charge is 1.94. The van der Waals surface area contributed by atoms with Crippen LogP contribution in [0.4, 0.5) is 0 Å². The van der Waals surface area contributed by atoms with Gasteiger partial charge in [0.25, 0.3) is 0 Å². The van der Waals surface area contributed by atoms with Crippen LogP contribution in [-0.2, 0) is 6.61 Å². The van der Waals surface area contributed by atoms with E-state index in [0.717, 1.165) is 0 Å². The first-order valence-corrected chi connectivity index (χ1v) is 4.16. The molecule has 0 aromatic carbocycles. The van der Waals surface area contributed by atoms with Crippen molar-refractivity contribution in [2.75, 3.05) is 13.2 Å². The van der Waals surface area contributed by atoms with Gasteiger partial charge in [-0.3, -0.25) is 4.98 Å². The molecule has 4 heteroatoms. The summed E-state index contributed by atoms with van der Waals surface area (Å²) in [5.41, 5.74) is 0.620. The van der Waals surface area contributed by atoms with Crippen LogP contribution in [-0.4, -0.2) is 28.4 Å². The van der Waals surface area contributed by atoms with Gasteiger partial charge in [0.05, 0.1) is 25.1 Å². The van der Waals surface area contributed by atoms with Crippen LogP contribution < -0.4 is 4.74 Å². The van der Waals surface area contributed by atoms with E-state index < -0.39 is 0 Å². The zero-order valence-corrected chi connectivity index (χ0v) is 7.31. The molecule has 0 aliphatic heterocycles. The van der Waals surface area contributed by atoms with Gasteiger partial charge in [0.1, 0.15) is 5.75 Å². The summed E-state index contributed by atoms with van der Waals surface area (Å²) in [4.78, 5) is 3.94. The Morgan fingerprint density at radius 1 is 1.31 bits per heavy atom. The number of aliphatic hydroxyl groups is 2. The summed E-state index contributed by atoms with van der Waals surface area (Å²) in [5, 5.41) is 17.2. The second-order valence-corrected chi connectivity index (χ2v) is 2.57. The minimum atomic E-state index is -0.0586. The van der Waals surface area contributed by atoms with Crippen LogP contribution in [0.15, 0.2) is 18.3 Å². The summed E-state index contributed by atoms with van der Waals surface area (Å²) in [5.74, 6) is 0.658. The topological polar surface area (TPSA) is 62.6 Å². The molecule has 0 bridgehead atoms. The number of aromatic nitrogens is 1. The quantitative estimate of drug-likeness (QED) is 0.646. The lowest BCUT2D eigenvalue weighted by Gasteiger charge is -2.04. The predicted molar refractivity (Wildman–Crippen MR) is 47.4 cm³/mol. The van der Waals surface area contributed by atoms with Crippen molar-refractivity contribution in [1.82, 2.24) is 4.98 Å². The average molecular weight is 183 g/mol. The Hall–Kier alpha value is -1.13. The predicted octanol–water partition coefficient (Wildman–Crippen LogP) is 0.335. The fraction of sp³-hybridized carbons (Fsp3) is 0.444. The molecule has 0 aliphatic carbocycles. The first-order chi connectivity index (χ1) is 6.36. The van der Waals surface area contributed by atoms with Crippen LogP contribution >= 0.6 is 0 Å². The molecule has 1 aromatic heterocycles. The molecular weight excluding hydrogens is 170 g/mol. The zero-order chi connectivity index (χ0) is 9.52. The summed E-state index contributed by atoms with van der Waals surface area (Å²) >= 11 is 0. The summed E-state index contributed by atoms with van der Waals surface area (Å²) in [7, 11) is 0. The van der Waals surface area contributed by atoms with Gasteiger partial charge < -0.3 is 14.9 Å². The third kappa shape index (κ3) is 3.40. The molecule has 0 radical (unpaired) electrons. The van der Waals surface area contributed by atoms with Crippen molar-refractivity contribution in [2.24, 2.45) is 0 Å². The molecule has 1 heterocycles. The Kier molecular flexibility index (Phi) is 4.21. The van der Waals surface area contributed by atoms with Crippen LogP contribution in [0.5, 0.6) is 5.75 Å². The Balaban J connectivity index is 2.40. The Morgan fingerprint density at radius 2 is 2.15 bits per heavy atom. The molecular formula is C9H13NO3. The lowest BCUT2D eigenvalue weighted by molar-refractivity contribution is 0.233. The molecule has 1 aromatic rings. The van der Waals surface area contributed by atoms with Gasteiger partial charge in [-0.05, 0) is 12.1 Å². The van der Waals surface area contributed by atoms with E-state index in [2.05, 4.69) is 4.98 Å². The van der Waals surface area contributed by atoms with E-state index in [1.54, 1.807) is 18.3 Å². The van der Waals surface area contributed by atoms with Crippen molar-refractivity contribution < 1.29 is 14.9 Å². The third-order valence-corrected chi connectivity index (χ3v) is 1.53. The van der Waals surface area contributed by atoms with E-state index >= 15 is 0 Å². The third-order valence-electron chi connectivity index (χ3n) is 1.53. The highest BCUT2D eigenvalue weighted by atomic mass is 16.5. The maximum absolute atomic E-state index is 8.71. The maximum Gasteiger partial charge on any atom is 0.137 e. The van der Waals surface area contributed by atoms with Crippen molar-refractivity contribution in [2.45, 2.75) is 13.0 Å². The molecule has 0 saturated carbocycles. The van der Waals surface area contributed by atoms with Crippen molar-refractivity contribution in [3.8, 4) is 5.75 Å². The molecule has 0 spiro atoms. The molecule has 1 rings (SSSR count). The van der Waals surface area contributed by atoms with Gasteiger partial charge in [0, 0.05) is 13.0 Å². The van der Waals surface area contributed by atoms with E-state index in [0.29, 0.717) is 24.5 Å². The number of hydrogen-bond acceptors (Lipinski definition) is 4. The summed E-state index contributed by atoms with van der Waals surface area (Å²) in [6, 6.07) is 3.45. The normalized spacial score (nSPS) is 10.0. The van der Waals surface area contributed by atoms with Gasteiger partial charge >= 0.3 is 0 Å². The fourth-order valence-electron chi connectivity index (χ4n) is 0.844. The van der Waals surface area contributed by atoms with E-state index in [1.165, 1.54) is 0 Å². The van der Waals surface area contributed by atoms with Crippen molar-refractivity contribution in [3.05, 3.63) is 24.0 Å². The molecule has 0 atom stereocenters. The monoisotopic (exact) mass is 183 g/mol. The molecule has 4 nitrogen and oxygen atoms in total. The second kappa shape index (κ2) is 5.50.